The van der Waals surface area contributed by atoms with Crippen LogP contribution in [0.15, 0.2) is 6.07 Å². The smallest absolute Gasteiger partial charge is 0.455 e. The number of phenolic OH excluding ortho intramolecular Hbond substituents is 3. The van der Waals surface area contributed by atoms with E-state index in [1.54, 1.807) is 0 Å². The fourth-order valence-electron chi connectivity index (χ4n) is 2.72. The third kappa shape index (κ3) is 2.91. The van der Waals surface area contributed by atoms with E-state index in [2.05, 4.69) is 0 Å². The number of hydrogen-bond acceptors (Lipinski definition) is 4. The number of Topliss-reactive ketones (excluding diaryl/α,β-unsaturated/α-hetero) is 1. The predicted octanol–water partition coefficient (Wildman–Crippen LogP) is 3.60. The summed E-state index contributed by atoms with van der Waals surface area (Å²) in [5.41, 5.74) is -0.948. The van der Waals surface area contributed by atoms with Crippen molar-refractivity contribution in [1.29, 1.82) is 0 Å². The second kappa shape index (κ2) is 5.46. The van der Waals surface area contributed by atoms with Gasteiger partial charge in [0, 0.05) is 5.56 Å². The van der Waals surface area contributed by atoms with E-state index in [0.29, 0.717) is 12.8 Å². The van der Waals surface area contributed by atoms with Crippen molar-refractivity contribution in [3.05, 3.63) is 17.2 Å². The molecule has 0 heterocycles. The Morgan fingerprint density at radius 3 is 2.10 bits per heavy atom. The summed E-state index contributed by atoms with van der Waals surface area (Å²) in [6.07, 6.45) is -1.15. The Morgan fingerprint density at radius 2 is 1.57 bits per heavy atom. The Labute approximate surface area is 118 Å². The number of ketones is 1. The van der Waals surface area contributed by atoms with Crippen molar-refractivity contribution >= 4 is 5.78 Å². The van der Waals surface area contributed by atoms with Crippen LogP contribution in [0, 0.1) is 0 Å². The van der Waals surface area contributed by atoms with Crippen LogP contribution in [0.2, 0.25) is 0 Å². The summed E-state index contributed by atoms with van der Waals surface area (Å²) in [5, 5.41) is 28.9. The van der Waals surface area contributed by atoms with Gasteiger partial charge in [-0.15, -0.1) is 0 Å². The summed E-state index contributed by atoms with van der Waals surface area (Å²) < 4.78 is 37.5. The van der Waals surface area contributed by atoms with Gasteiger partial charge in [0.05, 0.1) is 5.56 Å². The average molecular weight is 304 g/mol. The Kier molecular flexibility index (Phi) is 4.02. The van der Waals surface area contributed by atoms with Crippen molar-refractivity contribution < 1.29 is 33.3 Å². The number of carbonyl (C=O) groups excluding carboxylic acids is 1. The molecule has 1 aromatic rings. The first-order valence-electron chi connectivity index (χ1n) is 6.62. The molecule has 1 aliphatic rings. The van der Waals surface area contributed by atoms with Gasteiger partial charge in [-0.2, -0.15) is 13.2 Å². The summed E-state index contributed by atoms with van der Waals surface area (Å²) in [6.45, 7) is 0. The van der Waals surface area contributed by atoms with Crippen LogP contribution in [-0.2, 0) is 0 Å². The van der Waals surface area contributed by atoms with Gasteiger partial charge in [0.25, 0.3) is 5.78 Å². The van der Waals surface area contributed by atoms with Crippen LogP contribution in [0.1, 0.15) is 53.9 Å². The highest BCUT2D eigenvalue weighted by Gasteiger charge is 2.42. The lowest BCUT2D eigenvalue weighted by Gasteiger charge is -2.24. The Morgan fingerprint density at radius 1 is 1.00 bits per heavy atom. The van der Waals surface area contributed by atoms with Gasteiger partial charge < -0.3 is 15.3 Å². The number of hydrogen-bond donors (Lipinski definition) is 3. The van der Waals surface area contributed by atoms with Crippen molar-refractivity contribution in [2.24, 2.45) is 0 Å². The number of carbonyl (C=O) groups is 1. The number of benzene rings is 1. The molecule has 3 N–H and O–H groups in total. The Hall–Kier alpha value is -1.92. The van der Waals surface area contributed by atoms with Crippen molar-refractivity contribution in [2.45, 2.75) is 44.2 Å². The maximum atomic E-state index is 12.5. The van der Waals surface area contributed by atoms with Gasteiger partial charge in [-0.05, 0) is 24.8 Å². The quantitative estimate of drug-likeness (QED) is 0.576. The van der Waals surface area contributed by atoms with E-state index in [-0.39, 0.29) is 11.5 Å². The zero-order valence-corrected chi connectivity index (χ0v) is 11.1. The van der Waals surface area contributed by atoms with Gasteiger partial charge in [0.2, 0.25) is 5.75 Å². The molecule has 0 radical (unpaired) electrons. The SMILES string of the molecule is O=C(c1cc(C2CCCCC2)c(O)c(O)c1O)C(F)(F)F. The molecular weight excluding hydrogens is 289 g/mol. The van der Waals surface area contributed by atoms with Crippen LogP contribution in [0.25, 0.3) is 0 Å². The fraction of sp³-hybridized carbons (Fsp3) is 0.500. The molecule has 0 atom stereocenters. The van der Waals surface area contributed by atoms with Crippen LogP contribution in [0.3, 0.4) is 0 Å². The van der Waals surface area contributed by atoms with E-state index in [0.717, 1.165) is 25.3 Å². The van der Waals surface area contributed by atoms with Crippen molar-refractivity contribution in [2.75, 3.05) is 0 Å². The molecule has 0 amide bonds. The molecule has 0 spiro atoms. The van der Waals surface area contributed by atoms with Gasteiger partial charge >= 0.3 is 6.18 Å². The van der Waals surface area contributed by atoms with Crippen molar-refractivity contribution in [1.82, 2.24) is 0 Å². The molecule has 7 heteroatoms. The summed E-state index contributed by atoms with van der Waals surface area (Å²) in [4.78, 5) is 11.3. The molecular formula is C14H15F3O4. The van der Waals surface area contributed by atoms with Gasteiger partial charge in [0.15, 0.2) is 11.5 Å². The Bertz CT molecular complexity index is 560. The van der Waals surface area contributed by atoms with Crippen LogP contribution < -0.4 is 0 Å². The Balaban J connectivity index is 2.52. The molecule has 0 aliphatic heterocycles. The molecule has 1 saturated carbocycles. The molecule has 1 aliphatic carbocycles. The molecule has 2 rings (SSSR count). The zero-order chi connectivity index (χ0) is 15.8. The normalized spacial score (nSPS) is 16.9. The molecule has 21 heavy (non-hydrogen) atoms. The molecule has 0 bridgehead atoms. The van der Waals surface area contributed by atoms with Crippen LogP contribution >= 0.6 is 0 Å². The monoisotopic (exact) mass is 304 g/mol. The minimum absolute atomic E-state index is 0.0811. The minimum Gasteiger partial charge on any atom is -0.504 e. The van der Waals surface area contributed by atoms with Crippen LogP contribution in [0.4, 0.5) is 13.2 Å². The summed E-state index contributed by atoms with van der Waals surface area (Å²) in [7, 11) is 0. The largest absolute Gasteiger partial charge is 0.504 e. The first kappa shape index (κ1) is 15.5. The van der Waals surface area contributed by atoms with E-state index in [9.17, 15) is 33.3 Å². The molecule has 1 aromatic carbocycles. The fourth-order valence-corrected chi connectivity index (χ4v) is 2.72. The molecule has 0 aromatic heterocycles. The van der Waals surface area contributed by atoms with Crippen molar-refractivity contribution in [3.63, 3.8) is 0 Å². The molecule has 4 nitrogen and oxygen atoms in total. The van der Waals surface area contributed by atoms with Crippen LogP contribution in [0.5, 0.6) is 17.2 Å². The molecule has 0 unspecified atom stereocenters. The lowest BCUT2D eigenvalue weighted by atomic mass is 9.82. The molecule has 1 fully saturated rings. The first-order valence-corrected chi connectivity index (χ1v) is 6.62. The molecule has 116 valence electrons. The van der Waals surface area contributed by atoms with E-state index in [1.807, 2.05) is 0 Å². The number of alkyl halides is 3. The summed E-state index contributed by atoms with van der Waals surface area (Å²) in [6, 6.07) is 0.843. The predicted molar refractivity (Wildman–Crippen MR) is 67.6 cm³/mol. The highest BCUT2D eigenvalue weighted by Crippen LogP contribution is 2.47. The van der Waals surface area contributed by atoms with Gasteiger partial charge in [-0.1, -0.05) is 19.3 Å². The maximum absolute atomic E-state index is 12.5. The highest BCUT2D eigenvalue weighted by atomic mass is 19.4. The number of phenols is 3. The standard InChI is InChI=1S/C14H15F3O4/c15-14(16,17)13(21)9-6-8(7-4-2-1-3-5-7)10(18)12(20)11(9)19/h6-7,18-20H,1-5H2. The lowest BCUT2D eigenvalue weighted by Crippen LogP contribution is -2.23. The highest BCUT2D eigenvalue weighted by molar-refractivity contribution is 6.03. The van der Waals surface area contributed by atoms with Crippen LogP contribution in [-0.4, -0.2) is 27.3 Å². The zero-order valence-electron chi connectivity index (χ0n) is 11.1. The lowest BCUT2D eigenvalue weighted by molar-refractivity contribution is -0.0886. The van der Waals surface area contributed by atoms with Gasteiger partial charge in [-0.3, -0.25) is 4.79 Å². The maximum Gasteiger partial charge on any atom is 0.455 e. The van der Waals surface area contributed by atoms with E-state index in [4.69, 9.17) is 0 Å². The van der Waals surface area contributed by atoms with E-state index >= 15 is 0 Å². The topological polar surface area (TPSA) is 77.8 Å². The minimum atomic E-state index is -5.16. The van der Waals surface area contributed by atoms with Gasteiger partial charge in [-0.25, -0.2) is 0 Å². The second-order valence-electron chi connectivity index (χ2n) is 5.22. The summed E-state index contributed by atoms with van der Waals surface area (Å²) in [5.74, 6) is -5.45. The van der Waals surface area contributed by atoms with E-state index in [1.165, 1.54) is 0 Å². The number of aromatic hydroxyl groups is 3. The van der Waals surface area contributed by atoms with Gasteiger partial charge in [0.1, 0.15) is 0 Å². The number of halogens is 3. The third-order valence-electron chi connectivity index (χ3n) is 3.82. The summed E-state index contributed by atoms with van der Waals surface area (Å²) >= 11 is 0. The number of rotatable bonds is 2. The molecule has 0 saturated heterocycles. The average Bonchev–Trinajstić information content (AvgIpc) is 2.44. The van der Waals surface area contributed by atoms with E-state index < -0.39 is 34.8 Å². The third-order valence-corrected chi connectivity index (χ3v) is 3.82. The first-order chi connectivity index (χ1) is 9.73. The second-order valence-corrected chi connectivity index (χ2v) is 5.22. The van der Waals surface area contributed by atoms with Crippen molar-refractivity contribution in [3.8, 4) is 17.2 Å².